The molecule has 0 aliphatic carbocycles. The zero-order chi connectivity index (χ0) is 22.1. The van der Waals surface area contributed by atoms with Crippen molar-refractivity contribution in [3.8, 4) is 5.75 Å². The molecule has 0 fully saturated rings. The molecule has 2 N–H and O–H groups in total. The number of amides is 2. The molecule has 160 valence electrons. The first kappa shape index (κ1) is 22.7. The highest BCUT2D eigenvalue weighted by Crippen LogP contribution is 2.19. The minimum absolute atomic E-state index is 0.266. The zero-order valence-electron chi connectivity index (χ0n) is 17.7. The van der Waals surface area contributed by atoms with E-state index in [1.54, 1.807) is 30.3 Å². The van der Waals surface area contributed by atoms with Crippen LogP contribution in [0.15, 0.2) is 42.5 Å². The number of ether oxygens (including phenoxy) is 2. The van der Waals surface area contributed by atoms with Crippen molar-refractivity contribution < 1.29 is 23.9 Å². The Labute approximate surface area is 176 Å². The van der Waals surface area contributed by atoms with Gasteiger partial charge in [-0.1, -0.05) is 6.07 Å². The fourth-order valence-electron chi connectivity index (χ4n) is 2.81. The number of aryl methyl sites for hydroxylation is 1. The van der Waals surface area contributed by atoms with Crippen LogP contribution in [0, 0.1) is 6.92 Å². The lowest BCUT2D eigenvalue weighted by atomic mass is 10.1. The van der Waals surface area contributed by atoms with Crippen LogP contribution >= 0.6 is 0 Å². The molecular weight excluding hydrogens is 386 g/mol. The molecule has 8 heteroatoms. The summed E-state index contributed by atoms with van der Waals surface area (Å²) in [5, 5.41) is 0. The largest absolute Gasteiger partial charge is 0.496 e. The highest BCUT2D eigenvalue weighted by Gasteiger charge is 2.13. The molecule has 0 saturated carbocycles. The summed E-state index contributed by atoms with van der Waals surface area (Å²) in [5.74, 6) is -1.24. The van der Waals surface area contributed by atoms with Crippen molar-refractivity contribution in [3.05, 3.63) is 59.2 Å². The van der Waals surface area contributed by atoms with E-state index in [2.05, 4.69) is 29.6 Å². The standard InChI is InChI=1S/C22H27N3O5/c1-5-25(6-2)18-11-9-16(10-12-18)21(27)24-23-20(26)14-30-22(28)17-8-7-15(3)19(13-17)29-4/h7-13H,5-6,14H2,1-4H3,(H,23,26)(H,24,27). The second-order valence-electron chi connectivity index (χ2n) is 6.48. The fraction of sp³-hybridized carbons (Fsp3) is 0.318. The molecule has 0 atom stereocenters. The Morgan fingerprint density at radius 2 is 1.57 bits per heavy atom. The molecule has 0 unspecified atom stereocenters. The average molecular weight is 413 g/mol. The summed E-state index contributed by atoms with van der Waals surface area (Å²) in [7, 11) is 1.50. The van der Waals surface area contributed by atoms with E-state index in [4.69, 9.17) is 9.47 Å². The van der Waals surface area contributed by atoms with Crippen LogP contribution in [-0.4, -0.2) is 44.6 Å². The SMILES string of the molecule is CCN(CC)c1ccc(C(=O)NNC(=O)COC(=O)c2ccc(C)c(OC)c2)cc1. The number of carbonyl (C=O) groups excluding carboxylic acids is 3. The highest BCUT2D eigenvalue weighted by molar-refractivity contribution is 5.96. The molecule has 0 aliphatic heterocycles. The first-order valence-electron chi connectivity index (χ1n) is 9.65. The van der Waals surface area contributed by atoms with Gasteiger partial charge in [-0.2, -0.15) is 0 Å². The zero-order valence-corrected chi connectivity index (χ0v) is 17.7. The fourth-order valence-corrected chi connectivity index (χ4v) is 2.81. The highest BCUT2D eigenvalue weighted by atomic mass is 16.5. The molecule has 0 saturated heterocycles. The lowest BCUT2D eigenvalue weighted by Gasteiger charge is -2.21. The molecule has 0 aromatic heterocycles. The Balaban J connectivity index is 1.82. The maximum Gasteiger partial charge on any atom is 0.338 e. The lowest BCUT2D eigenvalue weighted by molar-refractivity contribution is -0.125. The third-order valence-corrected chi connectivity index (χ3v) is 4.55. The summed E-state index contributed by atoms with van der Waals surface area (Å²) in [6.07, 6.45) is 0. The number of anilines is 1. The minimum Gasteiger partial charge on any atom is -0.496 e. The van der Waals surface area contributed by atoms with Gasteiger partial charge in [0, 0.05) is 24.3 Å². The topological polar surface area (TPSA) is 97.0 Å². The molecule has 0 heterocycles. The number of carbonyl (C=O) groups is 3. The quantitative estimate of drug-likeness (QED) is 0.510. The van der Waals surface area contributed by atoms with E-state index in [1.807, 2.05) is 19.1 Å². The van der Waals surface area contributed by atoms with Gasteiger partial charge in [-0.05, 0) is 62.7 Å². The van der Waals surface area contributed by atoms with Gasteiger partial charge < -0.3 is 14.4 Å². The van der Waals surface area contributed by atoms with Crippen LogP contribution in [0.1, 0.15) is 40.1 Å². The van der Waals surface area contributed by atoms with Crippen molar-refractivity contribution in [1.29, 1.82) is 0 Å². The average Bonchev–Trinajstić information content (AvgIpc) is 2.77. The Kier molecular flexibility index (Phi) is 8.22. The van der Waals surface area contributed by atoms with Gasteiger partial charge in [0.2, 0.25) is 0 Å². The first-order chi connectivity index (χ1) is 14.4. The van der Waals surface area contributed by atoms with Crippen LogP contribution in [-0.2, 0) is 9.53 Å². The lowest BCUT2D eigenvalue weighted by Crippen LogP contribution is -2.43. The van der Waals surface area contributed by atoms with Crippen LogP contribution in [0.5, 0.6) is 5.75 Å². The number of hydrogen-bond acceptors (Lipinski definition) is 6. The monoisotopic (exact) mass is 413 g/mol. The number of benzene rings is 2. The number of hydrazine groups is 1. The number of nitrogens with zero attached hydrogens (tertiary/aromatic N) is 1. The van der Waals surface area contributed by atoms with Crippen LogP contribution < -0.4 is 20.5 Å². The maximum atomic E-state index is 12.2. The predicted octanol–water partition coefficient (Wildman–Crippen LogP) is 2.47. The third-order valence-electron chi connectivity index (χ3n) is 4.55. The Morgan fingerprint density at radius 3 is 2.17 bits per heavy atom. The van der Waals surface area contributed by atoms with E-state index in [-0.39, 0.29) is 5.56 Å². The predicted molar refractivity (Wildman–Crippen MR) is 114 cm³/mol. The van der Waals surface area contributed by atoms with Crippen molar-refractivity contribution >= 4 is 23.5 Å². The van der Waals surface area contributed by atoms with Crippen LogP contribution in [0.2, 0.25) is 0 Å². The summed E-state index contributed by atoms with van der Waals surface area (Å²) in [5.41, 5.74) is 7.08. The molecule has 0 bridgehead atoms. The van der Waals surface area contributed by atoms with Gasteiger partial charge in [-0.3, -0.25) is 20.4 Å². The Morgan fingerprint density at radius 1 is 0.933 bits per heavy atom. The molecule has 0 aliphatic rings. The first-order valence-corrected chi connectivity index (χ1v) is 9.65. The number of methoxy groups -OCH3 is 1. The van der Waals surface area contributed by atoms with E-state index < -0.39 is 24.4 Å². The molecule has 2 aromatic carbocycles. The number of rotatable bonds is 8. The number of esters is 1. The van der Waals surface area contributed by atoms with Crippen molar-refractivity contribution in [2.24, 2.45) is 0 Å². The summed E-state index contributed by atoms with van der Waals surface area (Å²) in [6, 6.07) is 11.9. The van der Waals surface area contributed by atoms with Crippen molar-refractivity contribution in [3.63, 3.8) is 0 Å². The van der Waals surface area contributed by atoms with Crippen molar-refractivity contribution in [1.82, 2.24) is 10.9 Å². The van der Waals surface area contributed by atoms with Crippen LogP contribution in [0.4, 0.5) is 5.69 Å². The molecule has 2 amide bonds. The summed E-state index contributed by atoms with van der Waals surface area (Å²) in [4.78, 5) is 38.3. The number of nitrogens with one attached hydrogen (secondary N) is 2. The van der Waals surface area contributed by atoms with Crippen LogP contribution in [0.25, 0.3) is 0 Å². The van der Waals surface area contributed by atoms with Crippen molar-refractivity contribution in [2.75, 3.05) is 31.7 Å². The minimum atomic E-state index is -0.665. The van der Waals surface area contributed by atoms with Gasteiger partial charge in [-0.25, -0.2) is 4.79 Å². The van der Waals surface area contributed by atoms with Gasteiger partial charge in [0.05, 0.1) is 12.7 Å². The molecule has 2 aromatic rings. The summed E-state index contributed by atoms with van der Waals surface area (Å²) >= 11 is 0. The maximum absolute atomic E-state index is 12.2. The molecule has 0 radical (unpaired) electrons. The van der Waals surface area contributed by atoms with Crippen molar-refractivity contribution in [2.45, 2.75) is 20.8 Å². The summed E-state index contributed by atoms with van der Waals surface area (Å²) < 4.78 is 10.1. The second kappa shape index (κ2) is 10.8. The van der Waals surface area contributed by atoms with E-state index in [0.29, 0.717) is 11.3 Å². The van der Waals surface area contributed by atoms with Gasteiger partial charge in [0.1, 0.15) is 5.75 Å². The molecule has 8 nitrogen and oxygen atoms in total. The van der Waals surface area contributed by atoms with E-state index in [1.165, 1.54) is 7.11 Å². The third kappa shape index (κ3) is 5.97. The van der Waals surface area contributed by atoms with Crippen LogP contribution in [0.3, 0.4) is 0 Å². The van der Waals surface area contributed by atoms with E-state index >= 15 is 0 Å². The van der Waals surface area contributed by atoms with Gasteiger partial charge in [-0.15, -0.1) is 0 Å². The van der Waals surface area contributed by atoms with E-state index in [9.17, 15) is 14.4 Å². The van der Waals surface area contributed by atoms with Gasteiger partial charge in [0.15, 0.2) is 6.61 Å². The molecule has 0 spiro atoms. The number of hydrogen-bond donors (Lipinski definition) is 2. The smallest absolute Gasteiger partial charge is 0.338 e. The molecule has 30 heavy (non-hydrogen) atoms. The molecule has 2 rings (SSSR count). The Bertz CT molecular complexity index is 892. The normalized spacial score (nSPS) is 10.1. The van der Waals surface area contributed by atoms with Gasteiger partial charge >= 0.3 is 5.97 Å². The molecular formula is C22H27N3O5. The van der Waals surface area contributed by atoms with Gasteiger partial charge in [0.25, 0.3) is 11.8 Å². The van der Waals surface area contributed by atoms with E-state index in [0.717, 1.165) is 24.3 Å². The second-order valence-corrected chi connectivity index (χ2v) is 6.48. The Hall–Kier alpha value is -3.55. The summed E-state index contributed by atoms with van der Waals surface area (Å²) in [6.45, 7) is 7.17.